The first-order valence-corrected chi connectivity index (χ1v) is 11.1. The van der Waals surface area contributed by atoms with E-state index in [1.807, 2.05) is 23.1 Å². The Morgan fingerprint density at radius 2 is 2.00 bits per heavy atom. The number of anilines is 1. The van der Waals surface area contributed by atoms with Crippen LogP contribution in [0.3, 0.4) is 0 Å². The number of carbonyl (C=O) groups excluding carboxylic acids is 1. The summed E-state index contributed by atoms with van der Waals surface area (Å²) in [5.74, 6) is -0.785. The number of piperidine rings is 1. The molecule has 1 amide bonds. The highest BCUT2D eigenvalue weighted by Crippen LogP contribution is 2.29. The number of hydrogen-bond acceptors (Lipinski definition) is 7. The predicted molar refractivity (Wildman–Crippen MR) is 117 cm³/mol. The first-order chi connectivity index (χ1) is 16.3. The summed E-state index contributed by atoms with van der Waals surface area (Å²) in [5.41, 5.74) is 0.642. The van der Waals surface area contributed by atoms with Crippen molar-refractivity contribution >= 4 is 17.4 Å². The number of carbonyl (C=O) groups is 1. The normalized spacial score (nSPS) is 19.5. The Kier molecular flexibility index (Phi) is 7.17. The molecule has 1 saturated heterocycles. The maximum atomic E-state index is 13.1. The van der Waals surface area contributed by atoms with Gasteiger partial charge in [-0.2, -0.15) is 17.7 Å². The highest BCUT2D eigenvalue weighted by Gasteiger charge is 2.38. The average molecular weight is 480 g/mol. The van der Waals surface area contributed by atoms with Crippen LogP contribution in [0.2, 0.25) is 0 Å². The fourth-order valence-electron chi connectivity index (χ4n) is 4.03. The minimum atomic E-state index is -4.63. The maximum absolute atomic E-state index is 13.1. The van der Waals surface area contributed by atoms with Crippen LogP contribution in [-0.4, -0.2) is 83.2 Å². The number of fused-ring (bicyclic) bond motifs is 1. The zero-order chi connectivity index (χ0) is 24.3. The van der Waals surface area contributed by atoms with Gasteiger partial charge in [-0.15, -0.1) is 15.3 Å². The van der Waals surface area contributed by atoms with Gasteiger partial charge in [-0.25, -0.2) is 0 Å². The van der Waals surface area contributed by atoms with Crippen molar-refractivity contribution in [1.29, 1.82) is 0 Å². The van der Waals surface area contributed by atoms with E-state index >= 15 is 0 Å². The summed E-state index contributed by atoms with van der Waals surface area (Å²) in [4.78, 5) is 16.1. The van der Waals surface area contributed by atoms with Crippen LogP contribution in [0.5, 0.6) is 0 Å². The smallest absolute Gasteiger partial charge is 0.383 e. The van der Waals surface area contributed by atoms with Gasteiger partial charge < -0.3 is 19.3 Å². The van der Waals surface area contributed by atoms with Gasteiger partial charge in [-0.05, 0) is 37.5 Å². The van der Waals surface area contributed by atoms with E-state index in [4.69, 9.17) is 9.47 Å². The van der Waals surface area contributed by atoms with E-state index in [0.717, 1.165) is 4.52 Å². The number of nitrogens with zero attached hydrogens (tertiary/aromatic N) is 6. The van der Waals surface area contributed by atoms with E-state index in [1.54, 1.807) is 25.1 Å². The number of hydrogen-bond donors (Lipinski definition) is 0. The van der Waals surface area contributed by atoms with E-state index in [-0.39, 0.29) is 23.8 Å². The summed E-state index contributed by atoms with van der Waals surface area (Å²) in [6, 6.07) is 3.13. The number of ether oxygens (including phenoxy) is 2. The summed E-state index contributed by atoms with van der Waals surface area (Å²) >= 11 is 0. The van der Waals surface area contributed by atoms with Gasteiger partial charge in [0.15, 0.2) is 5.65 Å². The van der Waals surface area contributed by atoms with Crippen molar-refractivity contribution in [3.05, 3.63) is 41.8 Å². The Morgan fingerprint density at radius 3 is 2.71 bits per heavy atom. The van der Waals surface area contributed by atoms with Crippen LogP contribution < -0.4 is 4.90 Å². The summed E-state index contributed by atoms with van der Waals surface area (Å²) in [6.07, 6.45) is 2.84. The Bertz CT molecular complexity index is 1080. The topological polar surface area (TPSA) is 85.1 Å². The molecule has 0 bridgehead atoms. The zero-order valence-electron chi connectivity index (χ0n) is 19.0. The van der Waals surface area contributed by atoms with Crippen LogP contribution in [-0.2, 0) is 20.4 Å². The first-order valence-electron chi connectivity index (χ1n) is 11.1. The van der Waals surface area contributed by atoms with Gasteiger partial charge in [0.05, 0.1) is 18.8 Å². The molecular weight excluding hydrogens is 453 g/mol. The molecule has 184 valence electrons. The number of likely N-dealkylation sites (N-methyl/N-ethyl adjacent to an activating group) is 1. The third-order valence-electron chi connectivity index (χ3n) is 5.89. The van der Waals surface area contributed by atoms with Crippen molar-refractivity contribution in [2.24, 2.45) is 0 Å². The predicted octanol–water partition coefficient (Wildman–Crippen LogP) is 2.49. The quantitative estimate of drug-likeness (QED) is 0.602. The molecule has 1 fully saturated rings. The number of alkyl halides is 3. The largest absolute Gasteiger partial charge is 0.453 e. The van der Waals surface area contributed by atoms with E-state index in [9.17, 15) is 18.0 Å². The third-order valence-corrected chi connectivity index (χ3v) is 5.89. The molecule has 2 aromatic heterocycles. The van der Waals surface area contributed by atoms with Crippen molar-refractivity contribution < 1.29 is 27.4 Å². The summed E-state index contributed by atoms with van der Waals surface area (Å²) in [6.45, 7) is 2.15. The molecule has 0 spiro atoms. The molecule has 9 nitrogen and oxygen atoms in total. The van der Waals surface area contributed by atoms with Crippen molar-refractivity contribution in [3.8, 4) is 0 Å². The lowest BCUT2D eigenvalue weighted by molar-refractivity contribution is -0.146. The lowest BCUT2D eigenvalue weighted by Crippen LogP contribution is -2.39. The van der Waals surface area contributed by atoms with E-state index < -0.39 is 12.0 Å². The molecule has 0 aromatic carbocycles. The van der Waals surface area contributed by atoms with Gasteiger partial charge in [0.25, 0.3) is 11.7 Å². The van der Waals surface area contributed by atoms with Gasteiger partial charge in [-0.3, -0.25) is 4.79 Å². The molecule has 0 N–H and O–H groups in total. The lowest BCUT2D eigenvalue weighted by atomic mass is 10.0. The minimum Gasteiger partial charge on any atom is -0.383 e. The number of methoxy groups -OCH3 is 1. The molecular formula is C22H27F3N6O3. The third kappa shape index (κ3) is 5.39. The highest BCUT2D eigenvalue weighted by atomic mass is 19.4. The standard InChI is InChI=1S/C22H27F3N6O3/c1-29(12-13-33-2)20(32)15-4-3-5-17(14-15)34-16-8-10-30(11-9-16)19-7-6-18-26-27-21(22(23,24)25)31(18)28-19/h3-4,6-7,14,16-17H,5,8-13H2,1-2H3. The molecule has 34 heavy (non-hydrogen) atoms. The zero-order valence-corrected chi connectivity index (χ0v) is 19.0. The fraction of sp³-hybridized carbons (Fsp3) is 0.545. The van der Waals surface area contributed by atoms with Crippen LogP contribution in [0, 0.1) is 0 Å². The molecule has 4 rings (SSSR count). The van der Waals surface area contributed by atoms with Gasteiger partial charge in [0.1, 0.15) is 5.82 Å². The van der Waals surface area contributed by atoms with Crippen LogP contribution in [0.4, 0.5) is 19.0 Å². The van der Waals surface area contributed by atoms with Crippen molar-refractivity contribution in [2.75, 3.05) is 45.3 Å². The Labute approximate surface area is 194 Å². The monoisotopic (exact) mass is 480 g/mol. The fourth-order valence-corrected chi connectivity index (χ4v) is 4.03. The van der Waals surface area contributed by atoms with E-state index in [0.29, 0.717) is 56.9 Å². The summed E-state index contributed by atoms with van der Waals surface area (Å²) in [5, 5.41) is 10.9. The van der Waals surface area contributed by atoms with Crippen molar-refractivity contribution in [3.63, 3.8) is 0 Å². The lowest BCUT2D eigenvalue weighted by Gasteiger charge is -2.34. The molecule has 1 unspecified atom stereocenters. The average Bonchev–Trinajstić information content (AvgIpc) is 3.27. The van der Waals surface area contributed by atoms with Crippen molar-refractivity contribution in [2.45, 2.75) is 37.6 Å². The Hall–Kier alpha value is -2.99. The number of halogens is 3. The molecule has 1 aliphatic heterocycles. The molecule has 3 heterocycles. The van der Waals surface area contributed by atoms with Crippen LogP contribution >= 0.6 is 0 Å². The Morgan fingerprint density at radius 1 is 1.24 bits per heavy atom. The minimum absolute atomic E-state index is 0.0176. The second-order valence-electron chi connectivity index (χ2n) is 8.32. The number of aromatic nitrogens is 4. The molecule has 0 saturated carbocycles. The Balaban J connectivity index is 1.35. The van der Waals surface area contributed by atoms with Crippen LogP contribution in [0.15, 0.2) is 35.9 Å². The molecule has 1 atom stereocenters. The summed E-state index contributed by atoms with van der Waals surface area (Å²) < 4.78 is 51.4. The van der Waals surface area contributed by atoms with Crippen LogP contribution in [0.25, 0.3) is 5.65 Å². The second-order valence-corrected chi connectivity index (χ2v) is 8.32. The van der Waals surface area contributed by atoms with Gasteiger partial charge >= 0.3 is 6.18 Å². The first kappa shape index (κ1) is 24.1. The van der Waals surface area contributed by atoms with Crippen molar-refractivity contribution in [1.82, 2.24) is 24.7 Å². The van der Waals surface area contributed by atoms with Gasteiger partial charge in [0.2, 0.25) is 0 Å². The van der Waals surface area contributed by atoms with E-state index in [2.05, 4.69) is 15.3 Å². The van der Waals surface area contributed by atoms with Gasteiger partial charge in [0, 0.05) is 39.4 Å². The number of amides is 1. The molecule has 2 aliphatic rings. The van der Waals surface area contributed by atoms with Crippen LogP contribution in [0.1, 0.15) is 25.1 Å². The summed E-state index contributed by atoms with van der Waals surface area (Å²) in [7, 11) is 3.33. The highest BCUT2D eigenvalue weighted by molar-refractivity contribution is 5.96. The second kappa shape index (κ2) is 10.1. The van der Waals surface area contributed by atoms with Gasteiger partial charge in [-0.1, -0.05) is 12.2 Å². The SMILES string of the molecule is COCCN(C)C(=O)C1=CC(OC2CCN(c3ccc4nnc(C(F)(F)F)n4n3)CC2)CC=C1. The molecule has 12 heteroatoms. The maximum Gasteiger partial charge on any atom is 0.453 e. The molecule has 2 aromatic rings. The molecule has 0 radical (unpaired) electrons. The molecule has 1 aliphatic carbocycles. The number of rotatable bonds is 7. The van der Waals surface area contributed by atoms with E-state index in [1.165, 1.54) is 6.07 Å².